The molecule has 36 heavy (non-hydrogen) atoms. The lowest BCUT2D eigenvalue weighted by Gasteiger charge is -2.24. The van der Waals surface area contributed by atoms with Gasteiger partial charge in [0, 0.05) is 32.1 Å². The van der Waals surface area contributed by atoms with Crippen LogP contribution in [0.4, 0.5) is 13.2 Å². The van der Waals surface area contributed by atoms with E-state index >= 15 is 0 Å². The average molecular weight is 559 g/mol. The number of carbonyl (C=O) groups excluding carboxylic acids is 1. The van der Waals surface area contributed by atoms with E-state index in [2.05, 4.69) is 27.8 Å². The summed E-state index contributed by atoms with van der Waals surface area (Å²) in [7, 11) is -2.69. The predicted molar refractivity (Wildman–Crippen MR) is 141 cm³/mol. The SMILES string of the molecule is COP(=O)(OC)C(=O)c1ccc(OCCCCCCCCCCOCCS(C)(C)C)c(C(F)(F)F)c1. The summed E-state index contributed by atoms with van der Waals surface area (Å²) in [6.45, 7) is 1.80. The molecule has 0 unspecified atom stereocenters. The molecule has 0 spiro atoms. The highest BCUT2D eigenvalue weighted by atomic mass is 32.3. The molecule has 0 fully saturated rings. The zero-order valence-corrected chi connectivity index (χ0v) is 23.9. The summed E-state index contributed by atoms with van der Waals surface area (Å²) < 4.78 is 73.1. The van der Waals surface area contributed by atoms with Crippen LogP contribution in [0.15, 0.2) is 18.2 Å². The highest BCUT2D eigenvalue weighted by Gasteiger charge is 2.38. The topological polar surface area (TPSA) is 71.1 Å². The van der Waals surface area contributed by atoms with Crippen LogP contribution in [0.2, 0.25) is 0 Å². The summed E-state index contributed by atoms with van der Waals surface area (Å²) >= 11 is 0. The van der Waals surface area contributed by atoms with Crippen molar-refractivity contribution in [3.05, 3.63) is 29.3 Å². The Morgan fingerprint density at radius 1 is 0.861 bits per heavy atom. The van der Waals surface area contributed by atoms with Gasteiger partial charge in [-0.2, -0.15) is 13.2 Å². The van der Waals surface area contributed by atoms with Gasteiger partial charge in [-0.15, -0.1) is 0 Å². The van der Waals surface area contributed by atoms with E-state index in [1.54, 1.807) is 0 Å². The second kappa shape index (κ2) is 16.0. The third-order valence-corrected chi connectivity index (χ3v) is 8.65. The van der Waals surface area contributed by atoms with Gasteiger partial charge in [0.25, 0.3) is 5.52 Å². The molecule has 1 aromatic rings. The number of unbranched alkanes of at least 4 members (excludes halogenated alkanes) is 7. The predicted octanol–water partition coefficient (Wildman–Crippen LogP) is 7.54. The first-order valence-corrected chi connectivity index (χ1v) is 16.7. The summed E-state index contributed by atoms with van der Waals surface area (Å²) in [6.07, 6.45) is 10.2. The van der Waals surface area contributed by atoms with E-state index in [1.807, 2.05) is 0 Å². The van der Waals surface area contributed by atoms with E-state index in [4.69, 9.17) is 9.47 Å². The fourth-order valence-electron chi connectivity index (χ4n) is 3.37. The summed E-state index contributed by atoms with van der Waals surface area (Å²) in [5.74, 6) is 0.778. The third-order valence-electron chi connectivity index (χ3n) is 5.54. The summed E-state index contributed by atoms with van der Waals surface area (Å²) in [6, 6.07) is 2.83. The second-order valence-electron chi connectivity index (χ2n) is 9.46. The number of alkyl halides is 3. The number of hydrogen-bond donors (Lipinski definition) is 0. The standard InChI is InChI=1S/C25H42F3O6PS/c1-31-35(30,32-2)24(29)21-14-15-23(22(20-21)25(26,27)28)34-17-13-11-9-7-6-8-10-12-16-33-18-19-36(3,4)5/h14-15,20H,6-13,16-19H2,1-5H3. The Hall–Kier alpha value is -1.06. The van der Waals surface area contributed by atoms with E-state index in [1.165, 1.54) is 0 Å². The normalized spacial score (nSPS) is 13.1. The van der Waals surface area contributed by atoms with Gasteiger partial charge in [-0.3, -0.25) is 9.36 Å². The fraction of sp³-hybridized carbons (Fsp3) is 0.720. The summed E-state index contributed by atoms with van der Waals surface area (Å²) in [4.78, 5) is 12.3. The number of benzene rings is 1. The maximum atomic E-state index is 13.5. The van der Waals surface area contributed by atoms with Crippen LogP contribution in [0.1, 0.15) is 67.3 Å². The molecule has 0 saturated heterocycles. The van der Waals surface area contributed by atoms with Gasteiger partial charge in [-0.25, -0.2) is 10.0 Å². The van der Waals surface area contributed by atoms with Gasteiger partial charge in [0.05, 0.1) is 18.8 Å². The van der Waals surface area contributed by atoms with Crippen molar-refractivity contribution in [3.8, 4) is 5.75 Å². The van der Waals surface area contributed by atoms with E-state index in [-0.39, 0.29) is 12.4 Å². The Balaban J connectivity index is 2.33. The van der Waals surface area contributed by atoms with Crippen molar-refractivity contribution in [1.82, 2.24) is 0 Å². The van der Waals surface area contributed by atoms with Crippen molar-refractivity contribution in [2.45, 2.75) is 57.5 Å². The number of hydrogen-bond acceptors (Lipinski definition) is 6. The first-order chi connectivity index (χ1) is 16.8. The van der Waals surface area contributed by atoms with Gasteiger partial charge >= 0.3 is 13.8 Å². The minimum atomic E-state index is -4.74. The van der Waals surface area contributed by atoms with E-state index < -0.39 is 40.5 Å². The number of carbonyl (C=O) groups is 1. The highest BCUT2D eigenvalue weighted by Crippen LogP contribution is 2.50. The van der Waals surface area contributed by atoms with E-state index in [0.29, 0.717) is 12.5 Å². The largest absolute Gasteiger partial charge is 0.493 e. The lowest BCUT2D eigenvalue weighted by atomic mass is 10.1. The molecular weight excluding hydrogens is 516 g/mol. The minimum Gasteiger partial charge on any atom is -0.493 e. The first-order valence-electron chi connectivity index (χ1n) is 12.2. The Kier molecular flexibility index (Phi) is 14.7. The van der Waals surface area contributed by atoms with Crippen molar-refractivity contribution in [2.75, 3.05) is 58.6 Å². The molecule has 1 aromatic carbocycles. The van der Waals surface area contributed by atoms with Crippen LogP contribution in [0.25, 0.3) is 0 Å². The fourth-order valence-corrected chi connectivity index (χ4v) is 4.92. The van der Waals surface area contributed by atoms with Crippen LogP contribution in [-0.2, 0) is 24.5 Å². The number of rotatable bonds is 19. The Labute approximate surface area is 215 Å². The number of halogens is 3. The third kappa shape index (κ3) is 12.5. The molecule has 0 amide bonds. The first kappa shape index (κ1) is 33.0. The van der Waals surface area contributed by atoms with Crippen molar-refractivity contribution in [2.24, 2.45) is 0 Å². The van der Waals surface area contributed by atoms with Crippen molar-refractivity contribution in [3.63, 3.8) is 0 Å². The molecule has 0 aliphatic rings. The molecule has 0 aliphatic carbocycles. The monoisotopic (exact) mass is 558 g/mol. The average Bonchev–Trinajstić information content (AvgIpc) is 2.82. The molecule has 0 aromatic heterocycles. The van der Waals surface area contributed by atoms with Gasteiger partial charge in [-0.1, -0.05) is 38.5 Å². The molecule has 1 rings (SSSR count). The molecule has 0 radical (unpaired) electrons. The molecule has 0 aliphatic heterocycles. The molecule has 0 heterocycles. The van der Waals surface area contributed by atoms with Gasteiger partial charge in [0.2, 0.25) is 0 Å². The molecule has 0 saturated carbocycles. The molecule has 0 atom stereocenters. The lowest BCUT2D eigenvalue weighted by molar-refractivity contribution is -0.139. The maximum absolute atomic E-state index is 13.5. The molecular formula is C25H42F3O6PS. The van der Waals surface area contributed by atoms with Crippen molar-refractivity contribution in [1.29, 1.82) is 0 Å². The molecule has 11 heteroatoms. The summed E-state index contributed by atoms with van der Waals surface area (Å²) in [5.41, 5.74) is -2.66. The highest BCUT2D eigenvalue weighted by molar-refractivity contribution is 8.32. The van der Waals surface area contributed by atoms with Gasteiger partial charge in [0.15, 0.2) is 0 Å². The number of ether oxygens (including phenoxy) is 2. The van der Waals surface area contributed by atoms with E-state index in [0.717, 1.165) is 90.3 Å². The second-order valence-corrected chi connectivity index (χ2v) is 16.2. The van der Waals surface area contributed by atoms with E-state index in [9.17, 15) is 22.5 Å². The lowest BCUT2D eigenvalue weighted by Crippen LogP contribution is -2.12. The smallest absolute Gasteiger partial charge is 0.419 e. The Morgan fingerprint density at radius 2 is 1.39 bits per heavy atom. The zero-order valence-electron chi connectivity index (χ0n) is 22.2. The minimum absolute atomic E-state index is 0.138. The van der Waals surface area contributed by atoms with Gasteiger partial charge in [-0.05, 0) is 49.8 Å². The van der Waals surface area contributed by atoms with Crippen LogP contribution in [-0.4, -0.2) is 64.1 Å². The molecule has 210 valence electrons. The zero-order chi connectivity index (χ0) is 27.2. The van der Waals surface area contributed by atoms with Crippen LogP contribution in [0, 0.1) is 0 Å². The molecule has 6 nitrogen and oxygen atoms in total. The van der Waals surface area contributed by atoms with Crippen molar-refractivity contribution >= 4 is 23.1 Å². The van der Waals surface area contributed by atoms with Gasteiger partial charge < -0.3 is 18.5 Å². The summed E-state index contributed by atoms with van der Waals surface area (Å²) in [5, 5.41) is 0. The van der Waals surface area contributed by atoms with Crippen LogP contribution in [0.3, 0.4) is 0 Å². The Morgan fingerprint density at radius 3 is 1.89 bits per heavy atom. The Bertz CT molecular complexity index is 834. The van der Waals surface area contributed by atoms with Crippen LogP contribution >= 0.6 is 17.6 Å². The quantitative estimate of drug-likeness (QED) is 0.129. The molecule has 0 N–H and O–H groups in total. The van der Waals surface area contributed by atoms with Crippen LogP contribution < -0.4 is 4.74 Å². The van der Waals surface area contributed by atoms with Crippen LogP contribution in [0.5, 0.6) is 5.75 Å². The van der Waals surface area contributed by atoms with Crippen molar-refractivity contribution < 1.29 is 41.1 Å². The van der Waals surface area contributed by atoms with Gasteiger partial charge in [0.1, 0.15) is 5.75 Å². The maximum Gasteiger partial charge on any atom is 0.419 e. The molecule has 0 bridgehead atoms.